The maximum absolute atomic E-state index is 13.1. The predicted octanol–water partition coefficient (Wildman–Crippen LogP) is 3.01. The fourth-order valence-corrected chi connectivity index (χ4v) is 4.51. The number of amides is 3. The molecule has 5 heterocycles. The summed E-state index contributed by atoms with van der Waals surface area (Å²) in [5.41, 5.74) is 1.10. The van der Waals surface area contributed by atoms with Crippen LogP contribution >= 0.6 is 0 Å². The highest BCUT2D eigenvalue weighted by Gasteiger charge is 2.42. The lowest BCUT2D eigenvalue weighted by Crippen LogP contribution is -2.47. The molecule has 11 nitrogen and oxygen atoms in total. The maximum Gasteiger partial charge on any atom is 0.322 e. The second-order valence-corrected chi connectivity index (χ2v) is 8.73. The molecule has 1 saturated heterocycles. The quantitative estimate of drug-likeness (QED) is 0.574. The first-order chi connectivity index (χ1) is 17.3. The molecule has 3 aromatic heterocycles. The van der Waals surface area contributed by atoms with Gasteiger partial charge in [-0.2, -0.15) is 5.10 Å². The van der Waals surface area contributed by atoms with Crippen molar-refractivity contribution in [2.24, 2.45) is 0 Å². The van der Waals surface area contributed by atoms with Crippen molar-refractivity contribution in [3.8, 4) is 6.01 Å². The summed E-state index contributed by atoms with van der Waals surface area (Å²) in [5, 5.41) is 7.12. The first kappa shape index (κ1) is 23.6. The topological polar surface area (TPSA) is 118 Å². The van der Waals surface area contributed by atoms with Crippen LogP contribution in [0.5, 0.6) is 6.01 Å². The average Bonchev–Trinajstić information content (AvgIpc) is 3.37. The van der Waals surface area contributed by atoms with Crippen molar-refractivity contribution in [3.05, 3.63) is 54.4 Å². The zero-order chi connectivity index (χ0) is 25.4. The van der Waals surface area contributed by atoms with Crippen molar-refractivity contribution in [3.63, 3.8) is 0 Å². The number of alkyl halides is 2. The van der Waals surface area contributed by atoms with Gasteiger partial charge in [-0.1, -0.05) is 0 Å². The standard InChI is InChI=1S/C23H24F2N8O3/c1-13-11-32-18(12-31(13)23(35)30-15-4-7-26-16(8-15)21(24)25)17(10-29-32)33-14(2)19(9-20(33)34)36-22-27-5-3-6-28-22/h3-8,10,13-14,19,21H,9,11-12H2,1-2H3,(H,26,30,35)/t13-,14-,19-/m0/s1. The van der Waals surface area contributed by atoms with Gasteiger partial charge in [-0.05, 0) is 32.0 Å². The molecule has 13 heteroatoms. The number of hydrogen-bond acceptors (Lipinski definition) is 7. The van der Waals surface area contributed by atoms with E-state index in [0.29, 0.717) is 17.9 Å². The number of anilines is 2. The van der Waals surface area contributed by atoms with Crippen LogP contribution in [-0.2, 0) is 17.9 Å². The van der Waals surface area contributed by atoms with E-state index in [1.54, 1.807) is 39.1 Å². The molecule has 0 saturated carbocycles. The van der Waals surface area contributed by atoms with Gasteiger partial charge in [-0.3, -0.25) is 14.5 Å². The zero-order valence-electron chi connectivity index (χ0n) is 19.6. The predicted molar refractivity (Wildman–Crippen MR) is 123 cm³/mol. The summed E-state index contributed by atoms with van der Waals surface area (Å²) in [7, 11) is 0. The molecule has 1 N–H and O–H groups in total. The van der Waals surface area contributed by atoms with Crippen LogP contribution in [0.25, 0.3) is 0 Å². The number of pyridine rings is 1. The molecule has 36 heavy (non-hydrogen) atoms. The van der Waals surface area contributed by atoms with Crippen LogP contribution in [0, 0.1) is 0 Å². The molecule has 0 aliphatic carbocycles. The Hall–Kier alpha value is -4.16. The molecule has 0 spiro atoms. The number of halogens is 2. The van der Waals surface area contributed by atoms with E-state index in [2.05, 4.69) is 25.4 Å². The lowest BCUT2D eigenvalue weighted by molar-refractivity contribution is -0.117. The number of carbonyl (C=O) groups excluding carboxylic acids is 2. The first-order valence-corrected chi connectivity index (χ1v) is 11.4. The minimum atomic E-state index is -2.74. The number of aromatic nitrogens is 5. The molecule has 1 fully saturated rings. The molecule has 0 aromatic carbocycles. The van der Waals surface area contributed by atoms with E-state index in [1.165, 1.54) is 12.3 Å². The Morgan fingerprint density at radius 2 is 1.97 bits per heavy atom. The van der Waals surface area contributed by atoms with Gasteiger partial charge in [0.1, 0.15) is 11.8 Å². The van der Waals surface area contributed by atoms with Crippen molar-refractivity contribution < 1.29 is 23.1 Å². The summed E-state index contributed by atoms with van der Waals surface area (Å²) < 4.78 is 33.6. The summed E-state index contributed by atoms with van der Waals surface area (Å²) in [5.74, 6) is -0.134. The normalized spacial score (nSPS) is 21.6. The molecule has 0 unspecified atom stereocenters. The van der Waals surface area contributed by atoms with E-state index in [1.807, 2.05) is 13.8 Å². The van der Waals surface area contributed by atoms with Crippen molar-refractivity contribution in [1.82, 2.24) is 29.6 Å². The Balaban J connectivity index is 1.34. The summed E-state index contributed by atoms with van der Waals surface area (Å²) >= 11 is 0. The van der Waals surface area contributed by atoms with Crippen molar-refractivity contribution >= 4 is 23.3 Å². The molecule has 188 valence electrons. The number of hydrogen-bond donors (Lipinski definition) is 1. The Kier molecular flexibility index (Phi) is 6.20. The third-order valence-corrected chi connectivity index (χ3v) is 6.38. The highest BCUT2D eigenvalue weighted by molar-refractivity contribution is 5.97. The zero-order valence-corrected chi connectivity index (χ0v) is 19.6. The van der Waals surface area contributed by atoms with E-state index < -0.39 is 24.3 Å². The van der Waals surface area contributed by atoms with Crippen LogP contribution in [0.4, 0.5) is 25.0 Å². The molecule has 3 aromatic rings. The Morgan fingerprint density at radius 1 is 1.19 bits per heavy atom. The Bertz CT molecular complexity index is 1270. The molecule has 2 aliphatic heterocycles. The monoisotopic (exact) mass is 498 g/mol. The average molecular weight is 498 g/mol. The van der Waals surface area contributed by atoms with E-state index in [-0.39, 0.29) is 42.7 Å². The van der Waals surface area contributed by atoms with Crippen LogP contribution in [-0.4, -0.2) is 59.8 Å². The van der Waals surface area contributed by atoms with Crippen LogP contribution < -0.4 is 15.0 Å². The number of nitrogens with one attached hydrogen (secondary N) is 1. The van der Waals surface area contributed by atoms with Crippen LogP contribution in [0.1, 0.15) is 38.1 Å². The second kappa shape index (κ2) is 9.47. The lowest BCUT2D eigenvalue weighted by Gasteiger charge is -2.35. The van der Waals surface area contributed by atoms with Crippen LogP contribution in [0.2, 0.25) is 0 Å². The van der Waals surface area contributed by atoms with Gasteiger partial charge in [0.15, 0.2) is 0 Å². The fourth-order valence-electron chi connectivity index (χ4n) is 4.51. The summed E-state index contributed by atoms with van der Waals surface area (Å²) in [6.45, 7) is 4.34. The van der Waals surface area contributed by atoms with Gasteiger partial charge in [-0.25, -0.2) is 23.5 Å². The van der Waals surface area contributed by atoms with Gasteiger partial charge in [0.2, 0.25) is 5.91 Å². The smallest absolute Gasteiger partial charge is 0.322 e. The van der Waals surface area contributed by atoms with Gasteiger partial charge in [0, 0.05) is 24.3 Å². The number of carbonyl (C=O) groups is 2. The van der Waals surface area contributed by atoms with E-state index in [4.69, 9.17) is 4.74 Å². The lowest BCUT2D eigenvalue weighted by atomic mass is 10.1. The SMILES string of the molecule is C[C@H]1Cn2ncc(N3C(=O)C[C@H](Oc4ncccn4)[C@@H]3C)c2CN1C(=O)Nc1ccnc(C(F)F)c1. The minimum absolute atomic E-state index is 0.134. The van der Waals surface area contributed by atoms with Crippen molar-refractivity contribution in [1.29, 1.82) is 0 Å². The molecule has 5 rings (SSSR count). The van der Waals surface area contributed by atoms with Crippen molar-refractivity contribution in [2.45, 2.75) is 58.0 Å². The molecule has 3 atom stereocenters. The highest BCUT2D eigenvalue weighted by atomic mass is 19.3. The largest absolute Gasteiger partial charge is 0.457 e. The number of fused-ring (bicyclic) bond motifs is 1. The van der Waals surface area contributed by atoms with Gasteiger partial charge in [0.25, 0.3) is 6.43 Å². The molecule has 0 bridgehead atoms. The Morgan fingerprint density at radius 3 is 2.72 bits per heavy atom. The first-order valence-electron chi connectivity index (χ1n) is 11.4. The number of urea groups is 1. The van der Waals surface area contributed by atoms with Crippen molar-refractivity contribution in [2.75, 3.05) is 10.2 Å². The molecule has 0 radical (unpaired) electrons. The molecule has 2 aliphatic rings. The molecular weight excluding hydrogens is 474 g/mol. The van der Waals surface area contributed by atoms with Gasteiger partial charge < -0.3 is 19.9 Å². The van der Waals surface area contributed by atoms with E-state index in [0.717, 1.165) is 6.07 Å². The summed E-state index contributed by atoms with van der Waals surface area (Å²) in [4.78, 5) is 41.0. The summed E-state index contributed by atoms with van der Waals surface area (Å²) in [6, 6.07) is 3.49. The highest BCUT2D eigenvalue weighted by Crippen LogP contribution is 2.34. The minimum Gasteiger partial charge on any atom is -0.457 e. The molecular formula is C23H24F2N8O3. The van der Waals surface area contributed by atoms with Gasteiger partial charge >= 0.3 is 12.0 Å². The summed E-state index contributed by atoms with van der Waals surface area (Å²) in [6.07, 6.45) is 2.94. The maximum atomic E-state index is 13.1. The van der Waals surface area contributed by atoms with E-state index >= 15 is 0 Å². The van der Waals surface area contributed by atoms with Crippen LogP contribution in [0.15, 0.2) is 43.0 Å². The molecule has 3 amide bonds. The number of rotatable bonds is 5. The fraction of sp³-hybridized carbons (Fsp3) is 0.391. The van der Waals surface area contributed by atoms with Gasteiger partial charge in [0.05, 0.1) is 49.2 Å². The number of nitrogens with zero attached hydrogens (tertiary/aromatic N) is 7. The third-order valence-electron chi connectivity index (χ3n) is 6.38. The number of ether oxygens (including phenoxy) is 1. The van der Waals surface area contributed by atoms with Gasteiger partial charge in [-0.15, -0.1) is 0 Å². The van der Waals surface area contributed by atoms with E-state index in [9.17, 15) is 18.4 Å². The third kappa shape index (κ3) is 4.43. The second-order valence-electron chi connectivity index (χ2n) is 8.73. The van der Waals surface area contributed by atoms with Crippen LogP contribution in [0.3, 0.4) is 0 Å². The Labute approximate surface area is 205 Å².